The maximum absolute atomic E-state index is 11.6. The molecule has 0 bridgehead atoms. The zero-order valence-corrected chi connectivity index (χ0v) is 10.2. The summed E-state index contributed by atoms with van der Waals surface area (Å²) in [7, 11) is -3.69. The van der Waals surface area contributed by atoms with Gasteiger partial charge in [0.25, 0.3) is 16.5 Å². The summed E-state index contributed by atoms with van der Waals surface area (Å²) in [4.78, 5) is 10.0. The Morgan fingerprint density at radius 3 is 2.61 bits per heavy atom. The van der Waals surface area contributed by atoms with Gasteiger partial charge in [-0.2, -0.15) is 0 Å². The summed E-state index contributed by atoms with van der Waals surface area (Å²) in [5, 5.41) is 1.71. The van der Waals surface area contributed by atoms with E-state index in [1.54, 1.807) is 12.1 Å². The molecule has 0 atom stereocenters. The lowest BCUT2D eigenvalue weighted by molar-refractivity contribution is -0.126. The van der Waals surface area contributed by atoms with Crippen LogP contribution in [-0.4, -0.2) is 20.8 Å². The monoisotopic (exact) mass is 265 g/mol. The molecular formula is C12H11NO4S. The van der Waals surface area contributed by atoms with Gasteiger partial charge in [0.2, 0.25) is 5.94 Å². The molecular weight excluding hydrogens is 254 g/mol. The highest BCUT2D eigenvalue weighted by Crippen LogP contribution is 2.23. The van der Waals surface area contributed by atoms with Crippen molar-refractivity contribution in [3.05, 3.63) is 42.5 Å². The molecule has 0 unspecified atom stereocenters. The fourth-order valence-electron chi connectivity index (χ4n) is 1.63. The van der Waals surface area contributed by atoms with E-state index < -0.39 is 16.0 Å². The zero-order valence-electron chi connectivity index (χ0n) is 9.37. The maximum atomic E-state index is 11.6. The summed E-state index contributed by atoms with van der Waals surface area (Å²) >= 11 is 0. The van der Waals surface area contributed by atoms with Gasteiger partial charge in [-0.15, -0.1) is 0 Å². The fraction of sp³-hybridized carbons (Fsp3) is 0.0833. The lowest BCUT2D eigenvalue weighted by atomic mass is 10.1. The third-order valence-corrected chi connectivity index (χ3v) is 3.32. The van der Waals surface area contributed by atoms with Crippen molar-refractivity contribution in [2.45, 2.75) is 0 Å². The van der Waals surface area contributed by atoms with E-state index in [1.165, 1.54) is 0 Å². The van der Waals surface area contributed by atoms with Crippen molar-refractivity contribution in [1.29, 1.82) is 0 Å². The zero-order chi connectivity index (χ0) is 13.0. The van der Waals surface area contributed by atoms with E-state index in [2.05, 4.69) is 9.46 Å². The minimum Gasteiger partial charge on any atom is -0.449 e. The molecule has 0 amide bonds. The van der Waals surface area contributed by atoms with Crippen LogP contribution in [0.25, 0.3) is 10.8 Å². The molecule has 2 aromatic carbocycles. The Labute approximate surface area is 104 Å². The average Bonchev–Trinajstić information content (AvgIpc) is 2.37. The lowest BCUT2D eigenvalue weighted by Gasteiger charge is -2.09. The van der Waals surface area contributed by atoms with Gasteiger partial charge < -0.3 is 4.74 Å². The van der Waals surface area contributed by atoms with Crippen LogP contribution in [0, 0.1) is 0 Å². The smallest absolute Gasteiger partial charge is 0.294 e. The number of nitrogens with one attached hydrogen (secondary N) is 1. The minimum atomic E-state index is -3.69. The number of benzene rings is 2. The number of carbonyl (C=O) groups excluding carboxylic acids is 1. The van der Waals surface area contributed by atoms with Crippen molar-refractivity contribution in [2.75, 3.05) is 10.7 Å². The Hall–Kier alpha value is -2.08. The van der Waals surface area contributed by atoms with Crippen molar-refractivity contribution in [1.82, 2.24) is 0 Å². The van der Waals surface area contributed by atoms with Crippen LogP contribution in [0.15, 0.2) is 42.5 Å². The van der Waals surface area contributed by atoms with E-state index in [9.17, 15) is 13.2 Å². The molecule has 0 heterocycles. The number of carbonyl (C=O) groups is 1. The topological polar surface area (TPSA) is 72.5 Å². The molecule has 2 rings (SSSR count). The van der Waals surface area contributed by atoms with Crippen molar-refractivity contribution in [2.24, 2.45) is 0 Å². The van der Waals surface area contributed by atoms with Crippen LogP contribution in [-0.2, 0) is 19.6 Å². The largest absolute Gasteiger partial charge is 0.449 e. The van der Waals surface area contributed by atoms with Crippen LogP contribution >= 0.6 is 0 Å². The summed E-state index contributed by atoms with van der Waals surface area (Å²) < 4.78 is 29.9. The summed E-state index contributed by atoms with van der Waals surface area (Å²) in [5.74, 6) is -0.695. The number of ether oxygens (including phenoxy) is 1. The van der Waals surface area contributed by atoms with Gasteiger partial charge in [-0.25, -0.2) is 8.42 Å². The van der Waals surface area contributed by atoms with E-state index in [1.807, 2.05) is 30.3 Å². The van der Waals surface area contributed by atoms with Gasteiger partial charge in [-0.1, -0.05) is 36.4 Å². The van der Waals surface area contributed by atoms with Gasteiger partial charge >= 0.3 is 0 Å². The Balaban J connectivity index is 2.35. The van der Waals surface area contributed by atoms with Crippen molar-refractivity contribution < 1.29 is 17.9 Å². The highest BCUT2D eigenvalue weighted by Gasteiger charge is 2.12. The molecule has 0 aliphatic rings. The van der Waals surface area contributed by atoms with Crippen LogP contribution in [0.4, 0.5) is 5.69 Å². The molecule has 0 saturated carbocycles. The van der Waals surface area contributed by atoms with Crippen molar-refractivity contribution >= 4 is 33.0 Å². The predicted octanol–water partition coefficient (Wildman–Crippen LogP) is 1.71. The van der Waals surface area contributed by atoms with E-state index in [-0.39, 0.29) is 6.47 Å². The highest BCUT2D eigenvalue weighted by molar-refractivity contribution is 7.92. The van der Waals surface area contributed by atoms with Crippen LogP contribution in [0.1, 0.15) is 0 Å². The number of fused-ring (bicyclic) bond motifs is 1. The Morgan fingerprint density at radius 1 is 1.11 bits per heavy atom. The first-order valence-corrected chi connectivity index (χ1v) is 6.81. The molecule has 6 heteroatoms. The molecule has 18 heavy (non-hydrogen) atoms. The SMILES string of the molecule is O=COCS(=O)(=O)Nc1cccc2ccccc12. The van der Waals surface area contributed by atoms with Gasteiger partial charge in [0.1, 0.15) is 0 Å². The van der Waals surface area contributed by atoms with Gasteiger partial charge in [0.05, 0.1) is 5.69 Å². The Kier molecular flexibility index (Phi) is 3.47. The molecule has 0 saturated heterocycles. The molecule has 1 N–H and O–H groups in total. The summed E-state index contributed by atoms with van der Waals surface area (Å²) in [5.41, 5.74) is 0.461. The predicted molar refractivity (Wildman–Crippen MR) is 68.5 cm³/mol. The number of hydrogen-bond donors (Lipinski definition) is 1. The van der Waals surface area contributed by atoms with Crippen molar-refractivity contribution in [3.8, 4) is 0 Å². The standard InChI is InChI=1S/C12H11NO4S/c14-8-17-9-18(15,16)13-12-7-3-5-10-4-1-2-6-11(10)12/h1-8,13H,9H2. The second-order valence-electron chi connectivity index (χ2n) is 3.62. The van der Waals surface area contributed by atoms with E-state index in [0.717, 1.165) is 10.8 Å². The van der Waals surface area contributed by atoms with Gasteiger partial charge in [-0.3, -0.25) is 9.52 Å². The van der Waals surface area contributed by atoms with Gasteiger partial charge in [-0.05, 0) is 11.5 Å². The first kappa shape index (κ1) is 12.4. The third-order valence-electron chi connectivity index (χ3n) is 2.35. The molecule has 94 valence electrons. The second kappa shape index (κ2) is 5.05. The minimum absolute atomic E-state index is 0.0995. The first-order valence-electron chi connectivity index (χ1n) is 5.16. The molecule has 0 aromatic heterocycles. The Bertz CT molecular complexity index is 661. The second-order valence-corrected chi connectivity index (χ2v) is 5.29. The normalized spacial score (nSPS) is 11.1. The molecule has 5 nitrogen and oxygen atoms in total. The van der Waals surface area contributed by atoms with E-state index in [0.29, 0.717) is 5.69 Å². The lowest BCUT2D eigenvalue weighted by Crippen LogP contribution is -2.18. The Morgan fingerprint density at radius 2 is 1.83 bits per heavy atom. The summed E-state index contributed by atoms with van der Waals surface area (Å²) in [6.45, 7) is 0.0995. The number of hydrogen-bond acceptors (Lipinski definition) is 4. The molecule has 0 radical (unpaired) electrons. The van der Waals surface area contributed by atoms with Crippen LogP contribution in [0.3, 0.4) is 0 Å². The van der Waals surface area contributed by atoms with E-state index >= 15 is 0 Å². The quantitative estimate of drug-likeness (QED) is 0.835. The first-order chi connectivity index (χ1) is 8.62. The number of anilines is 1. The molecule has 2 aromatic rings. The van der Waals surface area contributed by atoms with Gasteiger partial charge in [0.15, 0.2) is 0 Å². The average molecular weight is 265 g/mol. The van der Waals surface area contributed by atoms with Crippen LogP contribution < -0.4 is 4.72 Å². The number of sulfonamides is 1. The summed E-state index contributed by atoms with van der Waals surface area (Å²) in [6.07, 6.45) is 0. The third kappa shape index (κ3) is 2.78. The molecule has 0 fully saturated rings. The maximum Gasteiger partial charge on any atom is 0.294 e. The van der Waals surface area contributed by atoms with Gasteiger partial charge in [0, 0.05) is 5.39 Å². The summed E-state index contributed by atoms with van der Waals surface area (Å²) in [6, 6.07) is 12.7. The van der Waals surface area contributed by atoms with Crippen LogP contribution in [0.2, 0.25) is 0 Å². The number of rotatable bonds is 5. The highest BCUT2D eigenvalue weighted by atomic mass is 32.2. The molecule has 0 aliphatic carbocycles. The fourth-order valence-corrected chi connectivity index (χ4v) is 2.44. The van der Waals surface area contributed by atoms with Crippen LogP contribution in [0.5, 0.6) is 0 Å². The van der Waals surface area contributed by atoms with Crippen molar-refractivity contribution in [3.63, 3.8) is 0 Å². The molecule has 0 spiro atoms. The molecule has 0 aliphatic heterocycles. The van der Waals surface area contributed by atoms with E-state index in [4.69, 9.17) is 0 Å².